The highest BCUT2D eigenvalue weighted by molar-refractivity contribution is 9.10. The summed E-state index contributed by atoms with van der Waals surface area (Å²) < 4.78 is 19.4. The summed E-state index contributed by atoms with van der Waals surface area (Å²) >= 11 is 9.17. The second kappa shape index (κ2) is 6.57. The SMILES string of the molecule is COc1cc(Br)ccc1C(N)Cc1ccc(F)c(Cl)c1. The minimum atomic E-state index is -0.426. The van der Waals surface area contributed by atoms with E-state index in [0.717, 1.165) is 21.3 Å². The number of hydrogen-bond acceptors (Lipinski definition) is 2. The van der Waals surface area contributed by atoms with Gasteiger partial charge in [0.2, 0.25) is 0 Å². The molecule has 5 heteroatoms. The molecule has 0 heterocycles. The maximum absolute atomic E-state index is 13.1. The van der Waals surface area contributed by atoms with E-state index in [4.69, 9.17) is 22.1 Å². The minimum absolute atomic E-state index is 0.109. The first-order valence-electron chi connectivity index (χ1n) is 6.04. The first-order chi connectivity index (χ1) is 9.51. The molecule has 20 heavy (non-hydrogen) atoms. The number of nitrogens with two attached hydrogens (primary N) is 1. The fourth-order valence-corrected chi connectivity index (χ4v) is 2.57. The summed E-state index contributed by atoms with van der Waals surface area (Å²) in [6, 6.07) is 10.1. The Balaban J connectivity index is 2.23. The molecule has 0 bridgehead atoms. The maximum atomic E-state index is 13.1. The van der Waals surface area contributed by atoms with Crippen LogP contribution in [0.3, 0.4) is 0 Å². The van der Waals surface area contributed by atoms with E-state index in [-0.39, 0.29) is 11.1 Å². The van der Waals surface area contributed by atoms with Crippen LogP contribution in [0.15, 0.2) is 40.9 Å². The highest BCUT2D eigenvalue weighted by Gasteiger charge is 2.13. The lowest BCUT2D eigenvalue weighted by Gasteiger charge is -2.16. The zero-order valence-corrected chi connectivity index (χ0v) is 13.2. The first-order valence-corrected chi connectivity index (χ1v) is 7.21. The highest BCUT2D eigenvalue weighted by Crippen LogP contribution is 2.29. The van der Waals surface area contributed by atoms with Crippen molar-refractivity contribution in [2.45, 2.75) is 12.5 Å². The largest absolute Gasteiger partial charge is 0.496 e. The Labute approximate surface area is 130 Å². The van der Waals surface area contributed by atoms with Crippen molar-refractivity contribution in [2.24, 2.45) is 5.73 Å². The van der Waals surface area contributed by atoms with Crippen molar-refractivity contribution in [1.82, 2.24) is 0 Å². The van der Waals surface area contributed by atoms with Crippen LogP contribution in [0.1, 0.15) is 17.2 Å². The van der Waals surface area contributed by atoms with Crippen LogP contribution in [0, 0.1) is 5.82 Å². The second-order valence-electron chi connectivity index (χ2n) is 4.45. The van der Waals surface area contributed by atoms with Gasteiger partial charge < -0.3 is 10.5 Å². The van der Waals surface area contributed by atoms with Gasteiger partial charge in [0.15, 0.2) is 0 Å². The molecule has 0 aromatic heterocycles. The number of ether oxygens (including phenoxy) is 1. The van der Waals surface area contributed by atoms with Crippen molar-refractivity contribution in [3.8, 4) is 5.75 Å². The molecule has 0 amide bonds. The van der Waals surface area contributed by atoms with Crippen LogP contribution < -0.4 is 10.5 Å². The molecule has 1 atom stereocenters. The quantitative estimate of drug-likeness (QED) is 0.874. The monoisotopic (exact) mass is 357 g/mol. The van der Waals surface area contributed by atoms with Gasteiger partial charge in [0.25, 0.3) is 0 Å². The van der Waals surface area contributed by atoms with Crippen molar-refractivity contribution in [1.29, 1.82) is 0 Å². The normalized spacial score (nSPS) is 12.2. The Morgan fingerprint density at radius 3 is 2.70 bits per heavy atom. The molecule has 1 unspecified atom stereocenters. The predicted molar refractivity (Wildman–Crippen MR) is 82.7 cm³/mol. The number of rotatable bonds is 4. The number of benzene rings is 2. The molecule has 0 saturated carbocycles. The zero-order chi connectivity index (χ0) is 14.7. The summed E-state index contributed by atoms with van der Waals surface area (Å²) in [6.45, 7) is 0. The summed E-state index contributed by atoms with van der Waals surface area (Å²) in [4.78, 5) is 0. The van der Waals surface area contributed by atoms with Gasteiger partial charge in [-0.3, -0.25) is 0 Å². The smallest absolute Gasteiger partial charge is 0.141 e. The molecule has 2 aromatic rings. The standard InChI is InChI=1S/C15H14BrClFNO/c1-20-15-8-10(16)3-4-11(15)14(19)7-9-2-5-13(18)12(17)6-9/h2-6,8,14H,7,19H2,1H3. The molecule has 0 radical (unpaired) electrons. The third kappa shape index (κ3) is 3.51. The summed E-state index contributed by atoms with van der Waals surface area (Å²) in [5, 5.41) is 0.109. The highest BCUT2D eigenvalue weighted by atomic mass is 79.9. The van der Waals surface area contributed by atoms with Crippen molar-refractivity contribution in [3.05, 3.63) is 62.8 Å². The third-order valence-corrected chi connectivity index (χ3v) is 3.82. The zero-order valence-electron chi connectivity index (χ0n) is 10.9. The van der Waals surface area contributed by atoms with E-state index in [1.165, 1.54) is 6.07 Å². The topological polar surface area (TPSA) is 35.2 Å². The van der Waals surface area contributed by atoms with Gasteiger partial charge in [-0.05, 0) is 36.2 Å². The predicted octanol–water partition coefficient (Wildman–Crippen LogP) is 4.49. The fraction of sp³-hybridized carbons (Fsp3) is 0.200. The van der Waals surface area contributed by atoms with Gasteiger partial charge in [-0.15, -0.1) is 0 Å². The Kier molecular flexibility index (Phi) is 5.02. The van der Waals surface area contributed by atoms with Crippen molar-refractivity contribution in [2.75, 3.05) is 7.11 Å². The van der Waals surface area contributed by atoms with Crippen molar-refractivity contribution < 1.29 is 9.13 Å². The molecule has 106 valence electrons. The van der Waals surface area contributed by atoms with Crippen molar-refractivity contribution in [3.63, 3.8) is 0 Å². The lowest BCUT2D eigenvalue weighted by atomic mass is 9.99. The van der Waals surface area contributed by atoms with Crippen LogP contribution in [0.25, 0.3) is 0 Å². The third-order valence-electron chi connectivity index (χ3n) is 3.03. The average Bonchev–Trinajstić information content (AvgIpc) is 2.42. The summed E-state index contributed by atoms with van der Waals surface area (Å²) in [5.74, 6) is 0.297. The van der Waals surface area contributed by atoms with Crippen molar-refractivity contribution >= 4 is 27.5 Å². The lowest BCUT2D eigenvalue weighted by Crippen LogP contribution is -2.14. The molecule has 0 spiro atoms. The van der Waals surface area contributed by atoms with E-state index in [9.17, 15) is 4.39 Å². The van der Waals surface area contributed by atoms with Crippen LogP contribution in [-0.2, 0) is 6.42 Å². The van der Waals surface area contributed by atoms with E-state index >= 15 is 0 Å². The lowest BCUT2D eigenvalue weighted by molar-refractivity contribution is 0.405. The molecule has 2 N–H and O–H groups in total. The van der Waals surface area contributed by atoms with Crippen LogP contribution >= 0.6 is 27.5 Å². The fourth-order valence-electron chi connectivity index (χ4n) is 2.02. The molecule has 0 aliphatic rings. The van der Waals surface area contributed by atoms with Gasteiger partial charge in [-0.2, -0.15) is 0 Å². The van der Waals surface area contributed by atoms with E-state index in [2.05, 4.69) is 15.9 Å². The summed E-state index contributed by atoms with van der Waals surface area (Å²) in [5.41, 5.74) is 7.99. The van der Waals surface area contributed by atoms with Gasteiger partial charge in [0.05, 0.1) is 12.1 Å². The van der Waals surface area contributed by atoms with Gasteiger partial charge in [0, 0.05) is 16.1 Å². The maximum Gasteiger partial charge on any atom is 0.141 e. The molecule has 2 rings (SSSR count). The molecule has 0 fully saturated rings. The van der Waals surface area contributed by atoms with E-state index < -0.39 is 5.82 Å². The number of methoxy groups -OCH3 is 1. The Bertz CT molecular complexity index is 621. The Hall–Kier alpha value is -1.10. The van der Waals surface area contributed by atoms with Gasteiger partial charge >= 0.3 is 0 Å². The number of halogens is 3. The summed E-state index contributed by atoms with van der Waals surface area (Å²) in [7, 11) is 1.60. The van der Waals surface area contributed by atoms with Crippen LogP contribution in [0.5, 0.6) is 5.75 Å². The summed E-state index contributed by atoms with van der Waals surface area (Å²) in [6.07, 6.45) is 0.554. The average molecular weight is 359 g/mol. The second-order valence-corrected chi connectivity index (χ2v) is 5.77. The molecular formula is C15H14BrClFNO. The van der Waals surface area contributed by atoms with E-state index in [0.29, 0.717) is 6.42 Å². The number of hydrogen-bond donors (Lipinski definition) is 1. The Morgan fingerprint density at radius 1 is 1.30 bits per heavy atom. The molecule has 0 saturated heterocycles. The molecule has 0 aliphatic carbocycles. The molecular weight excluding hydrogens is 345 g/mol. The Morgan fingerprint density at radius 2 is 2.05 bits per heavy atom. The van der Waals surface area contributed by atoms with E-state index in [1.807, 2.05) is 18.2 Å². The molecule has 2 nitrogen and oxygen atoms in total. The minimum Gasteiger partial charge on any atom is -0.496 e. The van der Waals surface area contributed by atoms with Gasteiger partial charge in [0.1, 0.15) is 11.6 Å². The first kappa shape index (κ1) is 15.3. The van der Waals surface area contributed by atoms with E-state index in [1.54, 1.807) is 19.2 Å². The van der Waals surface area contributed by atoms with Crippen LogP contribution in [0.4, 0.5) is 4.39 Å². The molecule has 2 aromatic carbocycles. The van der Waals surface area contributed by atoms with Gasteiger partial charge in [-0.25, -0.2) is 4.39 Å². The van der Waals surface area contributed by atoms with Crippen LogP contribution in [0.2, 0.25) is 5.02 Å². The van der Waals surface area contributed by atoms with Gasteiger partial charge in [-0.1, -0.05) is 39.7 Å². The van der Waals surface area contributed by atoms with Crippen LogP contribution in [-0.4, -0.2) is 7.11 Å². The molecule has 0 aliphatic heterocycles.